The van der Waals surface area contributed by atoms with Crippen LogP contribution in [0.1, 0.15) is 21.6 Å². The number of rotatable bonds is 7. The standard InChI is InChI=1S/C24H19ClN4O3/c25-20-10-3-1-7-18(20)15-32-19-9-5-8-16(12-19)21-13-22(28-27-21)24(31)29-26-14-17-6-2-4-11-23(17)30/h1-14,30H,15H2,(H,27,28)(H,29,31)/b26-14+. The van der Waals surface area contributed by atoms with E-state index in [1.54, 1.807) is 24.3 Å². The first-order chi connectivity index (χ1) is 15.6. The summed E-state index contributed by atoms with van der Waals surface area (Å²) in [5.74, 6) is 0.274. The molecule has 4 rings (SSSR count). The van der Waals surface area contributed by atoms with Crippen molar-refractivity contribution in [3.8, 4) is 22.8 Å². The monoisotopic (exact) mass is 446 g/mol. The molecule has 0 saturated carbocycles. The van der Waals surface area contributed by atoms with E-state index in [0.717, 1.165) is 11.1 Å². The second kappa shape index (κ2) is 9.80. The number of aromatic nitrogens is 2. The summed E-state index contributed by atoms with van der Waals surface area (Å²) in [4.78, 5) is 12.3. The number of aromatic hydroxyl groups is 1. The Labute approximate surface area is 189 Å². The highest BCUT2D eigenvalue weighted by molar-refractivity contribution is 6.31. The summed E-state index contributed by atoms with van der Waals surface area (Å²) in [6.45, 7) is 0.340. The number of halogens is 1. The lowest BCUT2D eigenvalue weighted by Gasteiger charge is -2.08. The zero-order valence-corrected chi connectivity index (χ0v) is 17.6. The highest BCUT2D eigenvalue weighted by Gasteiger charge is 2.11. The SMILES string of the molecule is O=C(N/N=C/c1ccccc1O)c1cc(-c2cccc(OCc3ccccc3Cl)c2)n[nH]1. The van der Waals surface area contributed by atoms with Crippen LogP contribution in [0.5, 0.6) is 11.5 Å². The molecule has 1 amide bonds. The van der Waals surface area contributed by atoms with Crippen molar-refractivity contribution in [1.29, 1.82) is 0 Å². The molecule has 0 aliphatic rings. The Morgan fingerprint density at radius 2 is 1.91 bits per heavy atom. The Kier molecular flexibility index (Phi) is 6.48. The van der Waals surface area contributed by atoms with Crippen molar-refractivity contribution in [3.05, 3.63) is 101 Å². The van der Waals surface area contributed by atoms with Crippen molar-refractivity contribution in [1.82, 2.24) is 15.6 Å². The van der Waals surface area contributed by atoms with Gasteiger partial charge < -0.3 is 9.84 Å². The number of ether oxygens (including phenoxy) is 1. The Hall–Kier alpha value is -4.10. The molecule has 1 heterocycles. The van der Waals surface area contributed by atoms with E-state index in [0.29, 0.717) is 28.6 Å². The van der Waals surface area contributed by atoms with Gasteiger partial charge in [0.15, 0.2) is 0 Å². The van der Waals surface area contributed by atoms with Gasteiger partial charge in [-0.05, 0) is 36.4 Å². The Morgan fingerprint density at radius 1 is 1.09 bits per heavy atom. The van der Waals surface area contributed by atoms with E-state index in [1.165, 1.54) is 12.3 Å². The van der Waals surface area contributed by atoms with Gasteiger partial charge in [-0.2, -0.15) is 10.2 Å². The predicted molar refractivity (Wildman–Crippen MR) is 123 cm³/mol. The first-order valence-electron chi connectivity index (χ1n) is 9.73. The molecule has 3 aromatic carbocycles. The van der Waals surface area contributed by atoms with E-state index in [2.05, 4.69) is 20.7 Å². The molecular weight excluding hydrogens is 428 g/mol. The molecular formula is C24H19ClN4O3. The van der Waals surface area contributed by atoms with Crippen molar-refractivity contribution >= 4 is 23.7 Å². The molecule has 1 aromatic heterocycles. The Bertz CT molecular complexity index is 1270. The third-order valence-corrected chi connectivity index (χ3v) is 4.98. The lowest BCUT2D eigenvalue weighted by atomic mass is 10.1. The van der Waals surface area contributed by atoms with Crippen LogP contribution in [-0.2, 0) is 6.61 Å². The third kappa shape index (κ3) is 5.14. The fourth-order valence-electron chi connectivity index (χ4n) is 2.93. The summed E-state index contributed by atoms with van der Waals surface area (Å²) in [7, 11) is 0. The number of para-hydroxylation sites is 1. The van der Waals surface area contributed by atoms with Crippen LogP contribution < -0.4 is 10.2 Å². The van der Waals surface area contributed by atoms with Gasteiger partial charge in [0, 0.05) is 21.7 Å². The van der Waals surface area contributed by atoms with E-state index in [4.69, 9.17) is 16.3 Å². The van der Waals surface area contributed by atoms with Crippen molar-refractivity contribution in [2.24, 2.45) is 5.10 Å². The van der Waals surface area contributed by atoms with Crippen LogP contribution in [0.25, 0.3) is 11.3 Å². The van der Waals surface area contributed by atoms with Crippen LogP contribution in [0.4, 0.5) is 0 Å². The second-order valence-corrected chi connectivity index (χ2v) is 7.24. The molecule has 0 fully saturated rings. The number of hydrogen-bond donors (Lipinski definition) is 3. The van der Waals surface area contributed by atoms with Crippen molar-refractivity contribution < 1.29 is 14.6 Å². The lowest BCUT2D eigenvalue weighted by Crippen LogP contribution is -2.18. The third-order valence-electron chi connectivity index (χ3n) is 4.61. The zero-order valence-electron chi connectivity index (χ0n) is 16.8. The Balaban J connectivity index is 1.40. The van der Waals surface area contributed by atoms with Gasteiger partial charge in [0.2, 0.25) is 0 Å². The fourth-order valence-corrected chi connectivity index (χ4v) is 3.12. The molecule has 160 valence electrons. The molecule has 32 heavy (non-hydrogen) atoms. The zero-order chi connectivity index (χ0) is 22.3. The summed E-state index contributed by atoms with van der Waals surface area (Å²) >= 11 is 6.17. The van der Waals surface area contributed by atoms with E-state index >= 15 is 0 Å². The number of hydrogen-bond acceptors (Lipinski definition) is 5. The fraction of sp³-hybridized carbons (Fsp3) is 0.0417. The molecule has 0 bridgehead atoms. The number of carbonyl (C=O) groups excluding carboxylic acids is 1. The molecule has 0 aliphatic carbocycles. The van der Waals surface area contributed by atoms with E-state index in [9.17, 15) is 9.90 Å². The summed E-state index contributed by atoms with van der Waals surface area (Å²) in [5, 5.41) is 21.2. The summed E-state index contributed by atoms with van der Waals surface area (Å²) in [6.07, 6.45) is 1.37. The topological polar surface area (TPSA) is 99.6 Å². The quantitative estimate of drug-likeness (QED) is 0.281. The van der Waals surface area contributed by atoms with Gasteiger partial charge in [0.1, 0.15) is 23.8 Å². The van der Waals surface area contributed by atoms with Gasteiger partial charge in [-0.25, -0.2) is 5.43 Å². The van der Waals surface area contributed by atoms with E-state index in [1.807, 2.05) is 48.5 Å². The molecule has 0 saturated heterocycles. The Morgan fingerprint density at radius 3 is 2.75 bits per heavy atom. The number of H-pyrrole nitrogens is 1. The smallest absolute Gasteiger partial charge is 0.289 e. The number of phenolic OH excluding ortho intramolecular Hbond substituents is 1. The molecule has 0 unspecified atom stereocenters. The number of phenols is 1. The first kappa shape index (κ1) is 21.1. The van der Waals surface area contributed by atoms with Gasteiger partial charge in [-0.15, -0.1) is 0 Å². The number of amides is 1. The van der Waals surface area contributed by atoms with E-state index < -0.39 is 5.91 Å². The molecule has 8 heteroatoms. The maximum atomic E-state index is 12.3. The minimum atomic E-state index is -0.457. The van der Waals surface area contributed by atoms with Crippen LogP contribution in [0, 0.1) is 0 Å². The van der Waals surface area contributed by atoms with Gasteiger partial charge in [-0.3, -0.25) is 9.89 Å². The van der Waals surface area contributed by atoms with Crippen LogP contribution in [-0.4, -0.2) is 27.4 Å². The average Bonchev–Trinajstić information content (AvgIpc) is 3.31. The molecule has 3 N–H and O–H groups in total. The molecule has 7 nitrogen and oxygen atoms in total. The predicted octanol–water partition coefficient (Wildman–Crippen LogP) is 4.78. The summed E-state index contributed by atoms with van der Waals surface area (Å²) in [6, 6.07) is 23.2. The number of nitrogens with one attached hydrogen (secondary N) is 2. The normalized spacial score (nSPS) is 10.9. The van der Waals surface area contributed by atoms with Crippen LogP contribution in [0.15, 0.2) is 84.0 Å². The molecule has 0 aliphatic heterocycles. The maximum Gasteiger partial charge on any atom is 0.289 e. The van der Waals surface area contributed by atoms with Crippen LogP contribution >= 0.6 is 11.6 Å². The number of aromatic amines is 1. The van der Waals surface area contributed by atoms with Crippen LogP contribution in [0.3, 0.4) is 0 Å². The second-order valence-electron chi connectivity index (χ2n) is 6.83. The average molecular weight is 447 g/mol. The molecule has 0 atom stereocenters. The van der Waals surface area contributed by atoms with Crippen LogP contribution in [0.2, 0.25) is 5.02 Å². The van der Waals surface area contributed by atoms with Gasteiger partial charge >= 0.3 is 0 Å². The number of benzene rings is 3. The largest absolute Gasteiger partial charge is 0.507 e. The molecule has 0 spiro atoms. The minimum Gasteiger partial charge on any atom is -0.507 e. The summed E-state index contributed by atoms with van der Waals surface area (Å²) < 4.78 is 5.85. The van der Waals surface area contributed by atoms with Crippen molar-refractivity contribution in [3.63, 3.8) is 0 Å². The number of hydrazone groups is 1. The van der Waals surface area contributed by atoms with Gasteiger partial charge in [-0.1, -0.05) is 54.1 Å². The number of carbonyl (C=O) groups is 1. The minimum absolute atomic E-state index is 0.0750. The summed E-state index contributed by atoms with van der Waals surface area (Å²) in [5.41, 5.74) is 5.41. The highest BCUT2D eigenvalue weighted by atomic mass is 35.5. The molecule has 0 radical (unpaired) electrons. The molecule has 4 aromatic rings. The van der Waals surface area contributed by atoms with Gasteiger partial charge in [0.25, 0.3) is 5.91 Å². The van der Waals surface area contributed by atoms with E-state index in [-0.39, 0.29) is 11.4 Å². The first-order valence-corrected chi connectivity index (χ1v) is 10.1. The van der Waals surface area contributed by atoms with Crippen molar-refractivity contribution in [2.45, 2.75) is 6.61 Å². The maximum absolute atomic E-state index is 12.3. The number of nitrogens with zero attached hydrogens (tertiary/aromatic N) is 2. The lowest BCUT2D eigenvalue weighted by molar-refractivity contribution is 0.0950. The van der Waals surface area contributed by atoms with Crippen molar-refractivity contribution in [2.75, 3.05) is 0 Å². The highest BCUT2D eigenvalue weighted by Crippen LogP contribution is 2.24. The van der Waals surface area contributed by atoms with Gasteiger partial charge in [0.05, 0.1) is 11.9 Å².